The molecule has 7 heteroatoms. The van der Waals surface area contributed by atoms with Crippen LogP contribution in [0.3, 0.4) is 0 Å². The van der Waals surface area contributed by atoms with Crippen LogP contribution < -0.4 is 10.6 Å². The molecule has 1 aromatic heterocycles. The van der Waals surface area contributed by atoms with Crippen LogP contribution in [0.4, 0.5) is 0 Å². The van der Waals surface area contributed by atoms with Gasteiger partial charge >= 0.3 is 0 Å². The van der Waals surface area contributed by atoms with Crippen molar-refractivity contribution in [2.75, 3.05) is 26.2 Å². The molecular weight excluding hydrogens is 330 g/mol. The minimum Gasteiger partial charge on any atom is -0.383 e. The van der Waals surface area contributed by atoms with Crippen molar-refractivity contribution in [2.24, 2.45) is 12.0 Å². The standard InChI is InChI=1S/C19H35N5O2/c1-4-20-18(21-11-8-12-26-17-9-6-5-7-10-17)22-15-19(2,25)16-13-23-24(3)14-16/h13-14,17,25H,4-12,15H2,1-3H3,(H2,20,21,22). The normalized spacial score (nSPS) is 18.5. The zero-order valence-corrected chi connectivity index (χ0v) is 16.5. The second kappa shape index (κ2) is 10.5. The smallest absolute Gasteiger partial charge is 0.191 e. The molecule has 1 saturated carbocycles. The predicted molar refractivity (Wildman–Crippen MR) is 104 cm³/mol. The lowest BCUT2D eigenvalue weighted by atomic mass is 9.98. The number of aromatic nitrogens is 2. The van der Waals surface area contributed by atoms with Gasteiger partial charge in [0.05, 0.1) is 18.8 Å². The highest BCUT2D eigenvalue weighted by Crippen LogP contribution is 2.20. The number of nitrogens with one attached hydrogen (secondary N) is 2. The Kier molecular flexibility index (Phi) is 8.38. The number of hydrogen-bond donors (Lipinski definition) is 3. The Balaban J connectivity index is 1.73. The van der Waals surface area contributed by atoms with Gasteiger partial charge in [0.2, 0.25) is 0 Å². The summed E-state index contributed by atoms with van der Waals surface area (Å²) in [4.78, 5) is 4.52. The van der Waals surface area contributed by atoms with Gasteiger partial charge in [0.15, 0.2) is 5.96 Å². The highest BCUT2D eigenvalue weighted by atomic mass is 16.5. The van der Waals surface area contributed by atoms with Crippen LogP contribution in [0.15, 0.2) is 17.4 Å². The molecule has 1 aliphatic rings. The summed E-state index contributed by atoms with van der Waals surface area (Å²) in [7, 11) is 1.84. The molecule has 1 atom stereocenters. The Bertz CT molecular complexity index is 550. The number of rotatable bonds is 9. The van der Waals surface area contributed by atoms with E-state index in [0.29, 0.717) is 12.1 Å². The fraction of sp³-hybridized carbons (Fsp3) is 0.789. The van der Waals surface area contributed by atoms with Gasteiger partial charge in [-0.05, 0) is 33.1 Å². The summed E-state index contributed by atoms with van der Waals surface area (Å²) in [6.45, 7) is 6.42. The molecule has 0 aliphatic heterocycles. The SMILES string of the molecule is CCNC(=NCC(C)(O)c1cnn(C)c1)NCCCOC1CCCCC1. The molecule has 7 nitrogen and oxygen atoms in total. The highest BCUT2D eigenvalue weighted by molar-refractivity contribution is 5.79. The first-order valence-electron chi connectivity index (χ1n) is 9.86. The molecule has 1 aromatic rings. The van der Waals surface area contributed by atoms with Gasteiger partial charge in [-0.2, -0.15) is 5.10 Å². The zero-order valence-electron chi connectivity index (χ0n) is 16.5. The molecule has 2 rings (SSSR count). The van der Waals surface area contributed by atoms with Crippen molar-refractivity contribution >= 4 is 5.96 Å². The Morgan fingerprint density at radius 3 is 2.81 bits per heavy atom. The van der Waals surface area contributed by atoms with Gasteiger partial charge in [0.25, 0.3) is 0 Å². The summed E-state index contributed by atoms with van der Waals surface area (Å²) in [6, 6.07) is 0. The average Bonchev–Trinajstić information content (AvgIpc) is 3.07. The first-order valence-corrected chi connectivity index (χ1v) is 9.86. The number of aliphatic hydroxyl groups is 1. The monoisotopic (exact) mass is 365 g/mol. The van der Waals surface area contributed by atoms with Crippen LogP contribution in [0.1, 0.15) is 57.9 Å². The Labute approximate surface area is 157 Å². The second-order valence-corrected chi connectivity index (χ2v) is 7.28. The number of nitrogens with zero attached hydrogens (tertiary/aromatic N) is 3. The maximum atomic E-state index is 10.6. The zero-order chi connectivity index (χ0) is 18.8. The van der Waals surface area contributed by atoms with Crippen LogP contribution >= 0.6 is 0 Å². The van der Waals surface area contributed by atoms with Crippen molar-refractivity contribution in [1.29, 1.82) is 0 Å². The lowest BCUT2D eigenvalue weighted by molar-refractivity contribution is 0.0276. The molecule has 1 heterocycles. The second-order valence-electron chi connectivity index (χ2n) is 7.28. The number of hydrogen-bond acceptors (Lipinski definition) is 4. The number of ether oxygens (including phenoxy) is 1. The van der Waals surface area contributed by atoms with Crippen LogP contribution in [0.5, 0.6) is 0 Å². The number of guanidine groups is 1. The van der Waals surface area contributed by atoms with E-state index in [1.165, 1.54) is 32.1 Å². The third-order valence-corrected chi connectivity index (χ3v) is 4.74. The topological polar surface area (TPSA) is 83.7 Å². The molecular formula is C19H35N5O2. The van der Waals surface area contributed by atoms with Gasteiger partial charge in [-0.1, -0.05) is 19.3 Å². The van der Waals surface area contributed by atoms with E-state index in [9.17, 15) is 5.11 Å². The van der Waals surface area contributed by atoms with Gasteiger partial charge < -0.3 is 20.5 Å². The maximum Gasteiger partial charge on any atom is 0.191 e. The maximum absolute atomic E-state index is 10.6. The lowest BCUT2D eigenvalue weighted by Gasteiger charge is -2.22. The van der Waals surface area contributed by atoms with Crippen molar-refractivity contribution in [3.8, 4) is 0 Å². The average molecular weight is 366 g/mol. The summed E-state index contributed by atoms with van der Waals surface area (Å²) in [5.41, 5.74) is -0.277. The Morgan fingerprint density at radius 1 is 1.38 bits per heavy atom. The molecule has 0 amide bonds. The van der Waals surface area contributed by atoms with Crippen molar-refractivity contribution in [2.45, 2.75) is 64.1 Å². The highest BCUT2D eigenvalue weighted by Gasteiger charge is 2.24. The van der Waals surface area contributed by atoms with Crippen LogP contribution in [0.2, 0.25) is 0 Å². The summed E-state index contributed by atoms with van der Waals surface area (Å²) in [6.07, 6.45) is 11.3. The van der Waals surface area contributed by atoms with Gasteiger partial charge in [0.1, 0.15) is 5.60 Å². The van der Waals surface area contributed by atoms with Crippen molar-refractivity contribution in [1.82, 2.24) is 20.4 Å². The lowest BCUT2D eigenvalue weighted by Crippen LogP contribution is -2.39. The van der Waals surface area contributed by atoms with Crippen molar-refractivity contribution in [3.63, 3.8) is 0 Å². The molecule has 26 heavy (non-hydrogen) atoms. The van der Waals surface area contributed by atoms with E-state index in [4.69, 9.17) is 4.74 Å². The fourth-order valence-electron chi connectivity index (χ4n) is 3.13. The van der Waals surface area contributed by atoms with Crippen LogP contribution in [-0.4, -0.2) is 53.2 Å². The summed E-state index contributed by atoms with van der Waals surface area (Å²) >= 11 is 0. The number of aryl methyl sites for hydroxylation is 1. The van der Waals surface area contributed by atoms with Crippen molar-refractivity contribution in [3.05, 3.63) is 18.0 Å². The molecule has 1 aliphatic carbocycles. The number of aliphatic imine (C=N–C) groups is 1. The summed E-state index contributed by atoms with van der Waals surface area (Å²) in [5.74, 6) is 0.717. The van der Waals surface area contributed by atoms with E-state index in [2.05, 4.69) is 20.7 Å². The Hall–Kier alpha value is -1.60. The predicted octanol–water partition coefficient (Wildman–Crippen LogP) is 1.92. The van der Waals surface area contributed by atoms with Gasteiger partial charge in [-0.15, -0.1) is 0 Å². The molecule has 0 aromatic carbocycles. The van der Waals surface area contributed by atoms with Gasteiger partial charge in [-0.25, -0.2) is 4.99 Å². The fourth-order valence-corrected chi connectivity index (χ4v) is 3.13. The molecule has 0 saturated heterocycles. The molecule has 1 unspecified atom stereocenters. The largest absolute Gasteiger partial charge is 0.383 e. The van der Waals surface area contributed by atoms with Crippen LogP contribution in [0.25, 0.3) is 0 Å². The van der Waals surface area contributed by atoms with E-state index in [1.54, 1.807) is 17.8 Å². The quantitative estimate of drug-likeness (QED) is 0.354. The molecule has 0 spiro atoms. The molecule has 0 bridgehead atoms. The first kappa shape index (κ1) is 20.7. The minimum atomic E-state index is -1.04. The van der Waals surface area contributed by atoms with Crippen molar-refractivity contribution < 1.29 is 9.84 Å². The summed E-state index contributed by atoms with van der Waals surface area (Å²) < 4.78 is 7.63. The third kappa shape index (κ3) is 6.96. The Morgan fingerprint density at radius 2 is 2.15 bits per heavy atom. The van der Waals surface area contributed by atoms with Crippen LogP contribution in [0, 0.1) is 0 Å². The summed E-state index contributed by atoms with van der Waals surface area (Å²) in [5, 5.41) is 21.3. The molecule has 0 radical (unpaired) electrons. The van der Waals surface area contributed by atoms with Crippen LogP contribution in [-0.2, 0) is 17.4 Å². The van der Waals surface area contributed by atoms with Gasteiger partial charge in [0, 0.05) is 38.5 Å². The first-order chi connectivity index (χ1) is 12.5. The molecule has 1 fully saturated rings. The van der Waals surface area contributed by atoms with E-state index in [-0.39, 0.29) is 6.54 Å². The van der Waals surface area contributed by atoms with E-state index < -0.39 is 5.60 Å². The molecule has 148 valence electrons. The van der Waals surface area contributed by atoms with E-state index >= 15 is 0 Å². The van der Waals surface area contributed by atoms with E-state index in [0.717, 1.165) is 31.7 Å². The van der Waals surface area contributed by atoms with E-state index in [1.807, 2.05) is 20.2 Å². The minimum absolute atomic E-state index is 0.270. The molecule has 3 N–H and O–H groups in total. The van der Waals surface area contributed by atoms with Gasteiger partial charge in [-0.3, -0.25) is 4.68 Å². The third-order valence-electron chi connectivity index (χ3n) is 4.74.